The molecule has 3 N–H and O–H groups in total. The van der Waals surface area contributed by atoms with Crippen LogP contribution in [-0.2, 0) is 0 Å². The van der Waals surface area contributed by atoms with Gasteiger partial charge in [0, 0.05) is 6.07 Å². The molecule has 1 aliphatic heterocycles. The summed E-state index contributed by atoms with van der Waals surface area (Å²) in [6.07, 6.45) is -0.510. The Bertz CT molecular complexity index is 753. The molecule has 0 saturated heterocycles. The topological polar surface area (TPSA) is 96.2 Å². The summed E-state index contributed by atoms with van der Waals surface area (Å²) in [5.74, 6) is -0.305. The van der Waals surface area contributed by atoms with E-state index in [1.165, 1.54) is 31.4 Å². The van der Waals surface area contributed by atoms with Gasteiger partial charge in [-0.15, -0.1) is 0 Å². The second-order valence-electron chi connectivity index (χ2n) is 5.00. The molecule has 0 bridgehead atoms. The van der Waals surface area contributed by atoms with Crippen LogP contribution in [0.1, 0.15) is 28.4 Å². The summed E-state index contributed by atoms with van der Waals surface area (Å²) in [6.45, 7) is 0. The molecule has 0 amide bonds. The number of phenols is 3. The van der Waals surface area contributed by atoms with Gasteiger partial charge in [0.2, 0.25) is 0 Å². The van der Waals surface area contributed by atoms with Crippen LogP contribution < -0.4 is 9.47 Å². The Morgan fingerprint density at radius 2 is 1.86 bits per heavy atom. The van der Waals surface area contributed by atoms with Crippen molar-refractivity contribution in [3.63, 3.8) is 0 Å². The minimum atomic E-state index is -0.583. The highest BCUT2D eigenvalue weighted by Gasteiger charge is 2.29. The minimum absolute atomic E-state index is 0.0724. The van der Waals surface area contributed by atoms with Gasteiger partial charge in [-0.1, -0.05) is 6.07 Å². The highest BCUT2D eigenvalue weighted by Crippen LogP contribution is 2.41. The first-order valence-electron chi connectivity index (χ1n) is 6.62. The third kappa shape index (κ3) is 2.28. The van der Waals surface area contributed by atoms with Gasteiger partial charge in [0.1, 0.15) is 11.9 Å². The number of fused-ring (bicyclic) bond motifs is 1. The lowest BCUT2D eigenvalue weighted by atomic mass is 9.95. The Labute approximate surface area is 126 Å². The molecule has 0 fully saturated rings. The van der Waals surface area contributed by atoms with E-state index >= 15 is 0 Å². The molecule has 114 valence electrons. The Morgan fingerprint density at radius 3 is 2.55 bits per heavy atom. The van der Waals surface area contributed by atoms with Crippen LogP contribution in [0.5, 0.6) is 28.7 Å². The van der Waals surface area contributed by atoms with E-state index in [4.69, 9.17) is 9.47 Å². The predicted molar refractivity (Wildman–Crippen MR) is 76.7 cm³/mol. The monoisotopic (exact) mass is 302 g/mol. The van der Waals surface area contributed by atoms with Crippen molar-refractivity contribution < 1.29 is 29.6 Å². The molecular weight excluding hydrogens is 288 g/mol. The van der Waals surface area contributed by atoms with E-state index < -0.39 is 6.10 Å². The number of hydrogen-bond donors (Lipinski definition) is 3. The summed E-state index contributed by atoms with van der Waals surface area (Å²) in [6, 6.07) is 7.05. The van der Waals surface area contributed by atoms with E-state index in [9.17, 15) is 20.1 Å². The van der Waals surface area contributed by atoms with Crippen molar-refractivity contribution in [2.45, 2.75) is 12.5 Å². The average Bonchev–Trinajstić information content (AvgIpc) is 2.50. The van der Waals surface area contributed by atoms with Gasteiger partial charge >= 0.3 is 0 Å². The van der Waals surface area contributed by atoms with Crippen molar-refractivity contribution in [2.75, 3.05) is 7.11 Å². The standard InChI is InChI=1S/C16H14O6/c1-21-16-7-15-9(5-13(16)20)11(18)6-14(22-15)8-2-3-10(17)12(19)4-8/h2-5,7,14,17,19-20H,6H2,1H3/t14-/m1/s1. The zero-order chi connectivity index (χ0) is 15.9. The van der Waals surface area contributed by atoms with Crippen molar-refractivity contribution in [3.8, 4) is 28.7 Å². The highest BCUT2D eigenvalue weighted by atomic mass is 16.5. The number of phenolic OH excluding ortho intramolecular Hbond substituents is 3. The smallest absolute Gasteiger partial charge is 0.170 e. The van der Waals surface area contributed by atoms with E-state index in [2.05, 4.69) is 0 Å². The number of ether oxygens (including phenoxy) is 2. The van der Waals surface area contributed by atoms with E-state index in [0.29, 0.717) is 11.3 Å². The number of benzene rings is 2. The summed E-state index contributed by atoms with van der Waals surface area (Å²) < 4.78 is 10.8. The number of aromatic hydroxyl groups is 3. The number of carbonyl (C=O) groups excluding carboxylic acids is 1. The van der Waals surface area contributed by atoms with Crippen LogP contribution in [0.3, 0.4) is 0 Å². The van der Waals surface area contributed by atoms with Crippen LogP contribution in [0.25, 0.3) is 0 Å². The Hall–Kier alpha value is -2.89. The summed E-state index contributed by atoms with van der Waals surface area (Å²) >= 11 is 0. The van der Waals surface area contributed by atoms with E-state index in [-0.39, 0.29) is 40.8 Å². The molecule has 2 aromatic carbocycles. The molecule has 6 heteroatoms. The van der Waals surface area contributed by atoms with Crippen molar-refractivity contribution in [1.29, 1.82) is 0 Å². The number of rotatable bonds is 2. The highest BCUT2D eigenvalue weighted by molar-refractivity contribution is 6.00. The molecule has 0 aromatic heterocycles. The van der Waals surface area contributed by atoms with E-state index in [0.717, 1.165) is 0 Å². The maximum atomic E-state index is 12.2. The molecule has 0 unspecified atom stereocenters. The molecule has 1 heterocycles. The lowest BCUT2D eigenvalue weighted by molar-refractivity contribution is 0.0848. The Balaban J connectivity index is 1.99. The van der Waals surface area contributed by atoms with Crippen molar-refractivity contribution in [2.24, 2.45) is 0 Å². The number of Topliss-reactive ketones (excluding diaryl/α,β-unsaturated/α-hetero) is 1. The van der Waals surface area contributed by atoms with Crippen LogP contribution in [0.2, 0.25) is 0 Å². The SMILES string of the molecule is COc1cc2c(cc1O)C(=O)C[C@H](c1ccc(O)c(O)c1)O2. The fraction of sp³-hybridized carbons (Fsp3) is 0.188. The fourth-order valence-electron chi connectivity index (χ4n) is 2.43. The number of hydrogen-bond acceptors (Lipinski definition) is 6. The predicted octanol–water partition coefficient (Wildman–Crippen LogP) is 2.52. The van der Waals surface area contributed by atoms with Crippen LogP contribution in [0, 0.1) is 0 Å². The molecule has 6 nitrogen and oxygen atoms in total. The van der Waals surface area contributed by atoms with Gasteiger partial charge in [0.15, 0.2) is 28.8 Å². The van der Waals surface area contributed by atoms with Gasteiger partial charge in [-0.05, 0) is 23.8 Å². The summed E-state index contributed by atoms with van der Waals surface area (Å²) in [5, 5.41) is 28.7. The molecule has 1 aliphatic rings. The van der Waals surface area contributed by atoms with Crippen LogP contribution >= 0.6 is 0 Å². The third-order valence-electron chi connectivity index (χ3n) is 3.59. The first-order chi connectivity index (χ1) is 10.5. The van der Waals surface area contributed by atoms with E-state index in [1.54, 1.807) is 6.07 Å². The molecule has 2 aromatic rings. The van der Waals surface area contributed by atoms with Crippen molar-refractivity contribution in [1.82, 2.24) is 0 Å². The summed E-state index contributed by atoms with van der Waals surface area (Å²) in [5.41, 5.74) is 0.860. The lowest BCUT2D eigenvalue weighted by Gasteiger charge is -2.26. The molecule has 0 saturated carbocycles. The van der Waals surface area contributed by atoms with E-state index in [1.807, 2.05) is 0 Å². The van der Waals surface area contributed by atoms with Gasteiger partial charge in [-0.2, -0.15) is 0 Å². The molecule has 22 heavy (non-hydrogen) atoms. The zero-order valence-electron chi connectivity index (χ0n) is 11.7. The third-order valence-corrected chi connectivity index (χ3v) is 3.59. The van der Waals surface area contributed by atoms with Crippen LogP contribution in [-0.4, -0.2) is 28.2 Å². The normalized spacial score (nSPS) is 16.8. The number of ketones is 1. The summed E-state index contributed by atoms with van der Waals surface area (Å²) in [4.78, 5) is 12.2. The molecule has 1 atom stereocenters. The number of methoxy groups -OCH3 is 1. The number of carbonyl (C=O) groups is 1. The van der Waals surface area contributed by atoms with Gasteiger partial charge in [0.25, 0.3) is 0 Å². The first-order valence-corrected chi connectivity index (χ1v) is 6.62. The van der Waals surface area contributed by atoms with Gasteiger partial charge in [-0.25, -0.2) is 0 Å². The van der Waals surface area contributed by atoms with Crippen LogP contribution in [0.4, 0.5) is 0 Å². The second-order valence-corrected chi connectivity index (χ2v) is 5.00. The Kier molecular flexibility index (Phi) is 3.29. The maximum Gasteiger partial charge on any atom is 0.170 e. The Morgan fingerprint density at radius 1 is 1.09 bits per heavy atom. The average molecular weight is 302 g/mol. The van der Waals surface area contributed by atoms with Crippen molar-refractivity contribution in [3.05, 3.63) is 41.5 Å². The van der Waals surface area contributed by atoms with Crippen molar-refractivity contribution >= 4 is 5.78 Å². The minimum Gasteiger partial charge on any atom is -0.504 e. The van der Waals surface area contributed by atoms with Gasteiger partial charge < -0.3 is 24.8 Å². The van der Waals surface area contributed by atoms with Gasteiger partial charge in [0.05, 0.1) is 19.1 Å². The van der Waals surface area contributed by atoms with Gasteiger partial charge in [-0.3, -0.25) is 4.79 Å². The lowest BCUT2D eigenvalue weighted by Crippen LogP contribution is -2.20. The molecule has 0 spiro atoms. The molecule has 0 aliphatic carbocycles. The maximum absolute atomic E-state index is 12.2. The first kappa shape index (κ1) is 14.1. The quantitative estimate of drug-likeness (QED) is 0.738. The molecule has 3 rings (SSSR count). The summed E-state index contributed by atoms with van der Waals surface area (Å²) in [7, 11) is 1.40. The molecular formula is C16H14O6. The largest absolute Gasteiger partial charge is 0.504 e. The van der Waals surface area contributed by atoms with Crippen LogP contribution in [0.15, 0.2) is 30.3 Å². The molecule has 0 radical (unpaired) electrons. The second kappa shape index (κ2) is 5.14. The zero-order valence-corrected chi connectivity index (χ0v) is 11.7. The fourth-order valence-corrected chi connectivity index (χ4v) is 2.43.